The molecule has 1 aromatic heterocycles. The van der Waals surface area contributed by atoms with Crippen molar-refractivity contribution in [3.8, 4) is 0 Å². The lowest BCUT2D eigenvalue weighted by molar-refractivity contribution is 0.0944. The maximum absolute atomic E-state index is 12.9. The van der Waals surface area contributed by atoms with Gasteiger partial charge in [-0.05, 0) is 64.8 Å². The lowest BCUT2D eigenvalue weighted by Gasteiger charge is -2.33. The first kappa shape index (κ1) is 26.7. The summed E-state index contributed by atoms with van der Waals surface area (Å²) in [6.45, 7) is 9.21. The number of anilines is 1. The largest absolute Gasteiger partial charge is 0.351 e. The first-order valence-electron chi connectivity index (χ1n) is 11.7. The first-order chi connectivity index (χ1) is 16.2. The van der Waals surface area contributed by atoms with Gasteiger partial charge in [0.25, 0.3) is 5.91 Å². The molecule has 1 fully saturated rings. The molecule has 7 nitrogen and oxygen atoms in total. The minimum Gasteiger partial charge on any atom is -0.351 e. The number of thiazole rings is 1. The number of likely N-dealkylation sites (tertiary alicyclic amines) is 1. The number of nitrogens with zero attached hydrogens (tertiary/aromatic N) is 3. The Labute approximate surface area is 215 Å². The third-order valence-corrected chi connectivity index (χ3v) is 7.57. The van der Waals surface area contributed by atoms with E-state index < -0.39 is 0 Å². The van der Waals surface area contributed by atoms with E-state index in [2.05, 4.69) is 27.4 Å². The van der Waals surface area contributed by atoms with Gasteiger partial charge in [0.05, 0.1) is 16.6 Å². The number of carbonyl (C=O) groups is 2. The fraction of sp³-hybridized carbons (Fsp3) is 0.542. The van der Waals surface area contributed by atoms with Crippen LogP contribution in [0.4, 0.5) is 10.5 Å². The number of hydrogen-bond donors (Lipinski definition) is 2. The van der Waals surface area contributed by atoms with E-state index in [9.17, 15) is 9.59 Å². The SMILES string of the molecule is CC1CCCCN1CCCNC(=O)c1csc(CN(C(=O)Nc2ccc(Cl)c(Cl)c2)C(C)C)n1. The van der Waals surface area contributed by atoms with Crippen molar-refractivity contribution in [1.29, 1.82) is 0 Å². The van der Waals surface area contributed by atoms with Crippen molar-refractivity contribution in [1.82, 2.24) is 20.1 Å². The smallest absolute Gasteiger partial charge is 0.322 e. The predicted molar refractivity (Wildman–Crippen MR) is 140 cm³/mol. The molecule has 2 heterocycles. The number of urea groups is 1. The number of carbonyl (C=O) groups excluding carboxylic acids is 2. The summed E-state index contributed by atoms with van der Waals surface area (Å²) in [5, 5.41) is 9.05. The Morgan fingerprint density at radius 2 is 2.06 bits per heavy atom. The minimum atomic E-state index is -0.276. The van der Waals surface area contributed by atoms with E-state index in [1.165, 1.54) is 30.6 Å². The molecule has 1 saturated heterocycles. The molecule has 186 valence electrons. The van der Waals surface area contributed by atoms with Crippen LogP contribution in [0, 0.1) is 0 Å². The third kappa shape index (κ3) is 7.57. The molecular weight excluding hydrogens is 493 g/mol. The minimum absolute atomic E-state index is 0.0684. The molecule has 1 aliphatic heterocycles. The number of nitrogens with one attached hydrogen (secondary N) is 2. The first-order valence-corrected chi connectivity index (χ1v) is 13.4. The molecule has 0 spiro atoms. The Morgan fingerprint density at radius 1 is 1.26 bits per heavy atom. The van der Waals surface area contributed by atoms with E-state index in [1.54, 1.807) is 28.5 Å². The van der Waals surface area contributed by atoms with Crippen molar-refractivity contribution < 1.29 is 9.59 Å². The second-order valence-corrected chi connectivity index (χ2v) is 10.7. The van der Waals surface area contributed by atoms with Gasteiger partial charge in [-0.3, -0.25) is 4.79 Å². The van der Waals surface area contributed by atoms with Crippen molar-refractivity contribution >= 4 is 52.2 Å². The number of aromatic nitrogens is 1. The van der Waals surface area contributed by atoms with E-state index in [-0.39, 0.29) is 18.0 Å². The van der Waals surface area contributed by atoms with Crippen LogP contribution in [0.15, 0.2) is 23.6 Å². The Hall–Kier alpha value is -1.87. The van der Waals surface area contributed by atoms with Gasteiger partial charge in [0, 0.05) is 36.2 Å². The van der Waals surface area contributed by atoms with Crippen molar-refractivity contribution in [2.24, 2.45) is 0 Å². The van der Waals surface area contributed by atoms with Crippen LogP contribution in [0.3, 0.4) is 0 Å². The lowest BCUT2D eigenvalue weighted by atomic mass is 10.0. The number of halogens is 2. The molecule has 0 saturated carbocycles. The van der Waals surface area contributed by atoms with E-state index >= 15 is 0 Å². The number of piperidine rings is 1. The van der Waals surface area contributed by atoms with Crippen molar-refractivity contribution in [3.63, 3.8) is 0 Å². The van der Waals surface area contributed by atoms with Gasteiger partial charge < -0.3 is 20.4 Å². The fourth-order valence-corrected chi connectivity index (χ4v) is 5.03. The van der Waals surface area contributed by atoms with Crippen LogP contribution < -0.4 is 10.6 Å². The van der Waals surface area contributed by atoms with Gasteiger partial charge in [-0.2, -0.15) is 0 Å². The highest BCUT2D eigenvalue weighted by Gasteiger charge is 2.21. The van der Waals surface area contributed by atoms with E-state index in [4.69, 9.17) is 23.2 Å². The second kappa shape index (κ2) is 12.7. The average Bonchev–Trinajstić information content (AvgIpc) is 3.27. The van der Waals surface area contributed by atoms with Gasteiger partial charge in [-0.1, -0.05) is 29.6 Å². The molecule has 1 aliphatic rings. The highest BCUT2D eigenvalue weighted by molar-refractivity contribution is 7.09. The monoisotopic (exact) mass is 525 g/mol. The second-order valence-electron chi connectivity index (χ2n) is 8.90. The third-order valence-electron chi connectivity index (χ3n) is 5.99. The van der Waals surface area contributed by atoms with Gasteiger partial charge >= 0.3 is 6.03 Å². The Morgan fingerprint density at radius 3 is 2.76 bits per heavy atom. The molecule has 3 amide bonds. The van der Waals surface area contributed by atoms with Gasteiger partial charge in [0.2, 0.25) is 0 Å². The molecule has 10 heteroatoms. The summed E-state index contributed by atoms with van der Waals surface area (Å²) in [4.78, 5) is 34.0. The molecule has 0 aliphatic carbocycles. The average molecular weight is 527 g/mol. The lowest BCUT2D eigenvalue weighted by Crippen LogP contribution is -2.39. The fourth-order valence-electron chi connectivity index (χ4n) is 3.96. The van der Waals surface area contributed by atoms with Crippen molar-refractivity contribution in [2.45, 2.75) is 65.1 Å². The van der Waals surface area contributed by atoms with Crippen LogP contribution in [-0.4, -0.2) is 58.4 Å². The Kier molecular flexibility index (Phi) is 10.0. The molecule has 0 radical (unpaired) electrons. The van der Waals surface area contributed by atoms with Crippen LogP contribution in [0.2, 0.25) is 10.0 Å². The van der Waals surface area contributed by atoms with Crippen molar-refractivity contribution in [2.75, 3.05) is 25.0 Å². The zero-order chi connectivity index (χ0) is 24.7. The zero-order valence-electron chi connectivity index (χ0n) is 19.9. The molecule has 1 unspecified atom stereocenters. The van der Waals surface area contributed by atoms with Crippen LogP contribution in [0.1, 0.15) is 62.0 Å². The quantitative estimate of drug-likeness (QED) is 0.400. The summed E-state index contributed by atoms with van der Waals surface area (Å²) in [6, 6.07) is 5.23. The summed E-state index contributed by atoms with van der Waals surface area (Å²) >= 11 is 13.4. The maximum atomic E-state index is 12.9. The number of rotatable bonds is 9. The number of benzene rings is 1. The number of amides is 3. The molecule has 1 atom stereocenters. The van der Waals surface area contributed by atoms with Gasteiger partial charge in [-0.15, -0.1) is 11.3 Å². The summed E-state index contributed by atoms with van der Waals surface area (Å²) in [7, 11) is 0. The van der Waals surface area contributed by atoms with Gasteiger partial charge in [0.1, 0.15) is 10.7 Å². The molecule has 2 aromatic rings. The van der Waals surface area contributed by atoms with E-state index in [1.807, 2.05) is 13.8 Å². The summed E-state index contributed by atoms with van der Waals surface area (Å²) in [5.41, 5.74) is 0.947. The van der Waals surface area contributed by atoms with Gasteiger partial charge in [-0.25, -0.2) is 9.78 Å². The molecular formula is C24H33Cl2N5O2S. The molecule has 1 aromatic carbocycles. The highest BCUT2D eigenvalue weighted by Crippen LogP contribution is 2.25. The standard InChI is InChI=1S/C24H33Cl2N5O2S/c1-16(2)31(24(33)28-18-8-9-19(25)20(26)13-18)14-22-29-21(15-34-22)23(32)27-10-6-12-30-11-5-4-7-17(30)3/h8-9,13,15-17H,4-7,10-12,14H2,1-3H3,(H,27,32)(H,28,33). The van der Waals surface area contributed by atoms with E-state index in [0.717, 1.165) is 19.5 Å². The highest BCUT2D eigenvalue weighted by atomic mass is 35.5. The Bertz CT molecular complexity index is 984. The maximum Gasteiger partial charge on any atom is 0.322 e. The topological polar surface area (TPSA) is 77.6 Å². The molecule has 34 heavy (non-hydrogen) atoms. The summed E-state index contributed by atoms with van der Waals surface area (Å²) < 4.78 is 0. The molecule has 0 bridgehead atoms. The Balaban J connectivity index is 1.50. The normalized spacial score (nSPS) is 16.5. The summed E-state index contributed by atoms with van der Waals surface area (Å²) in [5.74, 6) is -0.175. The predicted octanol–water partition coefficient (Wildman–Crippen LogP) is 5.89. The summed E-state index contributed by atoms with van der Waals surface area (Å²) in [6.07, 6.45) is 4.75. The zero-order valence-corrected chi connectivity index (χ0v) is 22.3. The van der Waals surface area contributed by atoms with Crippen LogP contribution in [0.25, 0.3) is 0 Å². The van der Waals surface area contributed by atoms with E-state index in [0.29, 0.717) is 45.6 Å². The molecule has 3 rings (SSSR count). The van der Waals surface area contributed by atoms with Crippen molar-refractivity contribution in [3.05, 3.63) is 44.3 Å². The molecule has 2 N–H and O–H groups in total. The van der Waals surface area contributed by atoms with Crippen LogP contribution >= 0.6 is 34.5 Å². The van der Waals surface area contributed by atoms with Crippen LogP contribution in [0.5, 0.6) is 0 Å². The number of hydrogen-bond acceptors (Lipinski definition) is 5. The van der Waals surface area contributed by atoms with Gasteiger partial charge in [0.15, 0.2) is 0 Å². The van der Waals surface area contributed by atoms with Crippen LogP contribution in [-0.2, 0) is 6.54 Å².